The number of aliphatic imine (C=N–C) groups is 1. The van der Waals surface area contributed by atoms with Gasteiger partial charge in [0, 0.05) is 18.3 Å². The third-order valence-corrected chi connectivity index (χ3v) is 7.41. The molecule has 1 amide bonds. The highest BCUT2D eigenvalue weighted by molar-refractivity contribution is 8.14. The molecule has 7 heteroatoms. The zero-order valence-electron chi connectivity index (χ0n) is 15.9. The van der Waals surface area contributed by atoms with Crippen molar-refractivity contribution in [2.75, 3.05) is 13.1 Å². The van der Waals surface area contributed by atoms with Gasteiger partial charge >= 0.3 is 0 Å². The summed E-state index contributed by atoms with van der Waals surface area (Å²) < 4.78 is 0. The topological polar surface area (TPSA) is 99.1 Å². The average Bonchev–Trinajstić information content (AvgIpc) is 2.95. The molecular formula is C19H33N3O3S. The van der Waals surface area contributed by atoms with Crippen molar-refractivity contribution >= 4 is 22.8 Å². The lowest BCUT2D eigenvalue weighted by molar-refractivity contribution is -0.128. The molecule has 2 aliphatic carbocycles. The van der Waals surface area contributed by atoms with Crippen molar-refractivity contribution in [3.63, 3.8) is 0 Å². The molecule has 1 heterocycles. The van der Waals surface area contributed by atoms with Gasteiger partial charge < -0.3 is 20.8 Å². The monoisotopic (exact) mass is 383 g/mol. The summed E-state index contributed by atoms with van der Waals surface area (Å²) >= 11 is 1.58. The maximum absolute atomic E-state index is 12.0. The van der Waals surface area contributed by atoms with E-state index in [-0.39, 0.29) is 23.6 Å². The van der Waals surface area contributed by atoms with Crippen LogP contribution in [-0.2, 0) is 4.79 Å². The normalized spacial score (nSPS) is 37.3. The summed E-state index contributed by atoms with van der Waals surface area (Å²) in [5.41, 5.74) is 5.62. The second kappa shape index (κ2) is 8.48. The number of nitrogens with zero attached hydrogens (tertiary/aromatic N) is 2. The molecule has 3 rings (SSSR count). The number of aliphatic hydroxyl groups is 2. The van der Waals surface area contributed by atoms with E-state index < -0.39 is 18.1 Å². The fraction of sp³-hybridized carbons (Fsp3) is 0.895. The first kappa shape index (κ1) is 20.0. The van der Waals surface area contributed by atoms with Gasteiger partial charge in [0.2, 0.25) is 5.91 Å². The third kappa shape index (κ3) is 4.20. The van der Waals surface area contributed by atoms with E-state index in [4.69, 9.17) is 10.7 Å². The molecule has 2 saturated carbocycles. The van der Waals surface area contributed by atoms with Gasteiger partial charge in [-0.15, -0.1) is 0 Å². The van der Waals surface area contributed by atoms with E-state index >= 15 is 0 Å². The van der Waals surface area contributed by atoms with Crippen LogP contribution in [0.15, 0.2) is 4.99 Å². The average molecular weight is 384 g/mol. The number of primary amides is 1. The Hall–Kier alpha value is -0.790. The largest absolute Gasteiger partial charge is 0.390 e. The van der Waals surface area contributed by atoms with Crippen LogP contribution in [0.4, 0.5) is 0 Å². The van der Waals surface area contributed by atoms with Gasteiger partial charge in [-0.2, -0.15) is 0 Å². The Morgan fingerprint density at radius 3 is 2.62 bits per heavy atom. The zero-order valence-corrected chi connectivity index (χ0v) is 16.7. The summed E-state index contributed by atoms with van der Waals surface area (Å²) in [6.45, 7) is 5.84. The maximum atomic E-state index is 12.0. The first-order chi connectivity index (χ1) is 12.4. The molecule has 5 unspecified atom stereocenters. The van der Waals surface area contributed by atoms with E-state index in [1.807, 2.05) is 0 Å². The highest BCUT2D eigenvalue weighted by Crippen LogP contribution is 2.44. The fourth-order valence-corrected chi connectivity index (χ4v) is 6.12. The molecule has 3 aliphatic rings. The second-order valence-electron chi connectivity index (χ2n) is 8.55. The summed E-state index contributed by atoms with van der Waals surface area (Å²) in [5, 5.41) is 21.9. The van der Waals surface area contributed by atoms with Crippen LogP contribution >= 0.6 is 11.8 Å². The minimum atomic E-state index is -0.910. The van der Waals surface area contributed by atoms with Gasteiger partial charge in [0.05, 0.1) is 18.1 Å². The van der Waals surface area contributed by atoms with Crippen molar-refractivity contribution in [3.05, 3.63) is 0 Å². The molecule has 0 bridgehead atoms. The van der Waals surface area contributed by atoms with Gasteiger partial charge in [-0.25, -0.2) is 0 Å². The summed E-state index contributed by atoms with van der Waals surface area (Å²) in [7, 11) is 0. The van der Waals surface area contributed by atoms with Gasteiger partial charge in [0.25, 0.3) is 0 Å². The highest BCUT2D eigenvalue weighted by atomic mass is 32.2. The SMILES string of the molecule is CC(C)CN=C1SC2C(C(N)=O)CC(O)C(O)C2N1CC1CCCCC1. The van der Waals surface area contributed by atoms with E-state index in [0.717, 1.165) is 18.3 Å². The molecule has 0 spiro atoms. The Labute approximate surface area is 160 Å². The van der Waals surface area contributed by atoms with Gasteiger partial charge in [-0.3, -0.25) is 9.79 Å². The smallest absolute Gasteiger partial charge is 0.221 e. The molecule has 1 saturated heterocycles. The number of hydrogen-bond acceptors (Lipinski definition) is 5. The lowest BCUT2D eigenvalue weighted by Crippen LogP contribution is -2.59. The molecule has 5 atom stereocenters. The van der Waals surface area contributed by atoms with Gasteiger partial charge in [0.1, 0.15) is 6.10 Å². The van der Waals surface area contributed by atoms with E-state index in [1.54, 1.807) is 11.8 Å². The number of rotatable bonds is 5. The molecule has 26 heavy (non-hydrogen) atoms. The minimum Gasteiger partial charge on any atom is -0.390 e. The fourth-order valence-electron chi connectivity index (χ4n) is 4.54. The second-order valence-corrected chi connectivity index (χ2v) is 9.69. The first-order valence-corrected chi connectivity index (χ1v) is 10.9. The minimum absolute atomic E-state index is 0.125. The lowest BCUT2D eigenvalue weighted by Gasteiger charge is -2.42. The van der Waals surface area contributed by atoms with E-state index in [0.29, 0.717) is 11.8 Å². The molecule has 4 N–H and O–H groups in total. The molecule has 0 aromatic rings. The lowest BCUT2D eigenvalue weighted by atomic mass is 9.79. The summed E-state index contributed by atoms with van der Waals surface area (Å²) in [4.78, 5) is 19.0. The van der Waals surface area contributed by atoms with Crippen LogP contribution in [0.2, 0.25) is 0 Å². The van der Waals surface area contributed by atoms with Crippen LogP contribution in [0.1, 0.15) is 52.4 Å². The van der Waals surface area contributed by atoms with E-state index in [1.165, 1.54) is 32.1 Å². The predicted octanol–water partition coefficient (Wildman–Crippen LogP) is 1.59. The molecular weight excluding hydrogens is 350 g/mol. The first-order valence-electron chi connectivity index (χ1n) is 10.0. The summed E-state index contributed by atoms with van der Waals surface area (Å²) in [6.07, 6.45) is 4.68. The Bertz CT molecular complexity index is 536. The molecule has 1 aliphatic heterocycles. The Morgan fingerprint density at radius 2 is 2.00 bits per heavy atom. The Morgan fingerprint density at radius 1 is 1.31 bits per heavy atom. The number of aliphatic hydroxyl groups excluding tert-OH is 2. The quantitative estimate of drug-likeness (QED) is 0.670. The third-order valence-electron chi connectivity index (χ3n) is 5.96. The number of carbonyl (C=O) groups is 1. The van der Waals surface area contributed by atoms with Crippen LogP contribution in [0.25, 0.3) is 0 Å². The number of thioether (sulfide) groups is 1. The Balaban J connectivity index is 1.86. The molecule has 0 aromatic heterocycles. The van der Waals surface area contributed by atoms with Crippen LogP contribution in [0.3, 0.4) is 0 Å². The number of carbonyl (C=O) groups excluding carboxylic acids is 1. The van der Waals surface area contributed by atoms with Crippen molar-refractivity contribution < 1.29 is 15.0 Å². The van der Waals surface area contributed by atoms with Crippen molar-refractivity contribution in [1.29, 1.82) is 0 Å². The zero-order chi connectivity index (χ0) is 18.8. The highest BCUT2D eigenvalue weighted by Gasteiger charge is 2.54. The van der Waals surface area contributed by atoms with Crippen molar-refractivity contribution in [3.8, 4) is 0 Å². The number of hydrogen-bond donors (Lipinski definition) is 3. The maximum Gasteiger partial charge on any atom is 0.221 e. The van der Waals surface area contributed by atoms with E-state index in [9.17, 15) is 15.0 Å². The van der Waals surface area contributed by atoms with Crippen LogP contribution in [-0.4, -0.2) is 62.8 Å². The van der Waals surface area contributed by atoms with Gasteiger partial charge in [0.15, 0.2) is 5.17 Å². The van der Waals surface area contributed by atoms with Crippen molar-refractivity contribution in [2.24, 2.45) is 28.5 Å². The van der Waals surface area contributed by atoms with Crippen LogP contribution in [0.5, 0.6) is 0 Å². The van der Waals surface area contributed by atoms with Crippen LogP contribution in [0, 0.1) is 17.8 Å². The van der Waals surface area contributed by atoms with Gasteiger partial charge in [-0.05, 0) is 31.1 Å². The van der Waals surface area contributed by atoms with Crippen molar-refractivity contribution in [1.82, 2.24) is 4.90 Å². The summed E-state index contributed by atoms with van der Waals surface area (Å²) in [6, 6.07) is -0.283. The van der Waals surface area contributed by atoms with Gasteiger partial charge in [-0.1, -0.05) is 44.9 Å². The number of amides is 1. The molecule has 6 nitrogen and oxygen atoms in total. The van der Waals surface area contributed by atoms with Crippen molar-refractivity contribution in [2.45, 2.75) is 75.9 Å². The number of fused-ring (bicyclic) bond motifs is 1. The predicted molar refractivity (Wildman–Crippen MR) is 105 cm³/mol. The van der Waals surface area contributed by atoms with E-state index in [2.05, 4.69) is 18.7 Å². The molecule has 3 fully saturated rings. The van der Waals surface area contributed by atoms with Crippen LogP contribution < -0.4 is 5.73 Å². The Kier molecular flexibility index (Phi) is 6.51. The number of amidine groups is 1. The summed E-state index contributed by atoms with van der Waals surface area (Å²) in [5.74, 6) is 0.223. The molecule has 148 valence electrons. The molecule has 0 radical (unpaired) electrons. The molecule has 0 aromatic carbocycles. The number of nitrogens with two attached hydrogens (primary N) is 1. The standard InChI is InChI=1S/C19H33N3O3S/c1-11(2)9-21-19-22(10-12-6-4-3-5-7-12)15-16(24)14(23)8-13(18(20)25)17(15)26-19/h11-17,23-24H,3-10H2,1-2H3,(H2,20,25).